The largest absolute Gasteiger partial charge is 0.376 e. The first-order valence-electron chi connectivity index (χ1n) is 11.6. The van der Waals surface area contributed by atoms with Crippen LogP contribution in [0.25, 0.3) is 0 Å². The number of ether oxygens (including phenoxy) is 1. The molecular weight excluding hydrogens is 354 g/mol. The van der Waals surface area contributed by atoms with E-state index in [9.17, 15) is 9.59 Å². The van der Waals surface area contributed by atoms with Gasteiger partial charge in [-0.25, -0.2) is 0 Å². The molecule has 28 heavy (non-hydrogen) atoms. The summed E-state index contributed by atoms with van der Waals surface area (Å²) >= 11 is 0. The van der Waals surface area contributed by atoms with Gasteiger partial charge in [0.15, 0.2) is 0 Å². The van der Waals surface area contributed by atoms with Gasteiger partial charge in [-0.1, -0.05) is 12.8 Å². The molecule has 3 aliphatic heterocycles. The predicted molar refractivity (Wildman–Crippen MR) is 108 cm³/mol. The Balaban J connectivity index is 1.30. The lowest BCUT2D eigenvalue weighted by Gasteiger charge is -2.38. The first-order chi connectivity index (χ1) is 13.7. The third kappa shape index (κ3) is 5.07. The van der Waals surface area contributed by atoms with Gasteiger partial charge in [-0.2, -0.15) is 0 Å². The summed E-state index contributed by atoms with van der Waals surface area (Å²) in [5, 5.41) is 0. The molecule has 3 saturated heterocycles. The van der Waals surface area contributed by atoms with Gasteiger partial charge in [0.05, 0.1) is 12.6 Å². The van der Waals surface area contributed by atoms with Crippen LogP contribution in [0.4, 0.5) is 0 Å². The van der Waals surface area contributed by atoms with Crippen LogP contribution in [0.15, 0.2) is 0 Å². The molecule has 1 saturated carbocycles. The van der Waals surface area contributed by atoms with Gasteiger partial charge < -0.3 is 19.4 Å². The number of carbonyl (C=O) groups excluding carboxylic acids is 2. The number of likely N-dealkylation sites (tertiary alicyclic amines) is 2. The molecule has 0 aromatic carbocycles. The molecule has 0 N–H and O–H groups in total. The van der Waals surface area contributed by atoms with Crippen molar-refractivity contribution in [3.05, 3.63) is 0 Å². The average Bonchev–Trinajstić information content (AvgIpc) is 3.46. The van der Waals surface area contributed by atoms with Crippen molar-refractivity contribution in [3.63, 3.8) is 0 Å². The van der Waals surface area contributed by atoms with Crippen molar-refractivity contribution < 1.29 is 14.3 Å². The molecular formula is C22H37N3O3. The summed E-state index contributed by atoms with van der Waals surface area (Å²) in [5.74, 6) is 0.830. The quantitative estimate of drug-likeness (QED) is 0.668. The molecule has 0 unspecified atom stereocenters. The third-order valence-electron chi connectivity index (χ3n) is 7.27. The van der Waals surface area contributed by atoms with E-state index in [1.54, 1.807) is 4.90 Å². The Morgan fingerprint density at radius 3 is 2.39 bits per heavy atom. The summed E-state index contributed by atoms with van der Waals surface area (Å²) in [4.78, 5) is 31.5. The second-order valence-corrected chi connectivity index (χ2v) is 9.27. The molecule has 4 aliphatic rings. The Kier molecular flexibility index (Phi) is 6.89. The van der Waals surface area contributed by atoms with Crippen molar-refractivity contribution >= 4 is 11.8 Å². The Bertz CT molecular complexity index is 535. The fourth-order valence-electron chi connectivity index (χ4n) is 5.53. The van der Waals surface area contributed by atoms with Crippen molar-refractivity contribution in [3.8, 4) is 0 Å². The molecule has 0 aromatic rings. The SMILES string of the molecule is O=C1CCCN1CC(=O)N(CC1CCN(C2CCCC2)CC1)C[C@@H]1CCCO1. The maximum Gasteiger partial charge on any atom is 0.242 e. The molecule has 2 amide bonds. The first-order valence-corrected chi connectivity index (χ1v) is 11.6. The Morgan fingerprint density at radius 2 is 1.75 bits per heavy atom. The van der Waals surface area contributed by atoms with Crippen LogP contribution in [0.2, 0.25) is 0 Å². The number of hydrogen-bond donors (Lipinski definition) is 0. The maximum absolute atomic E-state index is 13.0. The van der Waals surface area contributed by atoms with Gasteiger partial charge in [-0.3, -0.25) is 9.59 Å². The molecule has 158 valence electrons. The number of amides is 2. The Morgan fingerprint density at radius 1 is 0.964 bits per heavy atom. The summed E-state index contributed by atoms with van der Waals surface area (Å²) < 4.78 is 5.82. The van der Waals surface area contributed by atoms with Crippen LogP contribution in [0.1, 0.15) is 64.2 Å². The van der Waals surface area contributed by atoms with E-state index in [1.807, 2.05) is 4.90 Å². The monoisotopic (exact) mass is 391 g/mol. The van der Waals surface area contributed by atoms with E-state index in [1.165, 1.54) is 51.6 Å². The minimum atomic E-state index is 0.115. The highest BCUT2D eigenvalue weighted by Gasteiger charge is 2.31. The number of nitrogens with zero attached hydrogens (tertiary/aromatic N) is 3. The van der Waals surface area contributed by atoms with Gasteiger partial charge >= 0.3 is 0 Å². The van der Waals surface area contributed by atoms with Crippen molar-refractivity contribution in [2.24, 2.45) is 5.92 Å². The lowest BCUT2D eigenvalue weighted by Crippen LogP contribution is -2.48. The zero-order valence-corrected chi connectivity index (χ0v) is 17.3. The molecule has 4 rings (SSSR count). The van der Waals surface area contributed by atoms with Crippen molar-refractivity contribution in [1.82, 2.24) is 14.7 Å². The lowest BCUT2D eigenvalue weighted by atomic mass is 9.94. The Hall–Kier alpha value is -1.14. The van der Waals surface area contributed by atoms with Gasteiger partial charge in [0, 0.05) is 38.7 Å². The normalized spacial score (nSPS) is 27.8. The van der Waals surface area contributed by atoms with Gasteiger partial charge in [0.2, 0.25) is 11.8 Å². The van der Waals surface area contributed by atoms with Crippen LogP contribution in [0.3, 0.4) is 0 Å². The standard InChI is InChI=1S/C22H37N3O3/c26-21-8-3-11-24(21)17-22(27)25(16-20-7-4-14-28-20)15-18-9-12-23(13-10-18)19-5-1-2-6-19/h18-20H,1-17H2/t20-/m0/s1. The highest BCUT2D eigenvalue weighted by Crippen LogP contribution is 2.28. The zero-order valence-electron chi connectivity index (χ0n) is 17.3. The molecule has 1 atom stereocenters. The minimum absolute atomic E-state index is 0.115. The van der Waals surface area contributed by atoms with Crippen LogP contribution >= 0.6 is 0 Å². The van der Waals surface area contributed by atoms with Crippen LogP contribution in [-0.2, 0) is 14.3 Å². The van der Waals surface area contributed by atoms with Gasteiger partial charge in [-0.15, -0.1) is 0 Å². The average molecular weight is 392 g/mol. The van der Waals surface area contributed by atoms with Crippen molar-refractivity contribution in [2.75, 3.05) is 45.9 Å². The smallest absolute Gasteiger partial charge is 0.242 e. The zero-order chi connectivity index (χ0) is 19.3. The summed E-state index contributed by atoms with van der Waals surface area (Å²) in [6.07, 6.45) is 11.7. The van der Waals surface area contributed by atoms with E-state index in [-0.39, 0.29) is 24.5 Å². The summed E-state index contributed by atoms with van der Waals surface area (Å²) in [6.45, 7) is 5.70. The summed E-state index contributed by atoms with van der Waals surface area (Å²) in [7, 11) is 0. The molecule has 0 radical (unpaired) electrons. The van der Waals surface area contributed by atoms with Crippen molar-refractivity contribution in [2.45, 2.75) is 76.4 Å². The highest BCUT2D eigenvalue weighted by molar-refractivity contribution is 5.85. The number of piperidine rings is 1. The van der Waals surface area contributed by atoms with Gasteiger partial charge in [0.1, 0.15) is 0 Å². The maximum atomic E-state index is 13.0. The molecule has 4 fully saturated rings. The van der Waals surface area contributed by atoms with E-state index in [0.717, 1.165) is 45.0 Å². The molecule has 6 heteroatoms. The van der Waals surface area contributed by atoms with E-state index < -0.39 is 0 Å². The molecule has 6 nitrogen and oxygen atoms in total. The van der Waals surface area contributed by atoms with Gasteiger partial charge in [0.25, 0.3) is 0 Å². The fraction of sp³-hybridized carbons (Fsp3) is 0.909. The van der Waals surface area contributed by atoms with E-state index in [2.05, 4.69) is 4.90 Å². The topological polar surface area (TPSA) is 53.1 Å². The number of rotatable bonds is 7. The lowest BCUT2D eigenvalue weighted by molar-refractivity contribution is -0.140. The van der Waals surface area contributed by atoms with Gasteiger partial charge in [-0.05, 0) is 64.0 Å². The molecule has 1 aliphatic carbocycles. The van der Waals surface area contributed by atoms with Crippen LogP contribution < -0.4 is 0 Å². The summed E-state index contributed by atoms with van der Waals surface area (Å²) in [5.41, 5.74) is 0. The number of hydrogen-bond acceptors (Lipinski definition) is 4. The fourth-order valence-corrected chi connectivity index (χ4v) is 5.53. The van der Waals surface area contributed by atoms with Crippen LogP contribution in [0, 0.1) is 5.92 Å². The molecule has 0 spiro atoms. The van der Waals surface area contributed by atoms with Crippen LogP contribution in [0.5, 0.6) is 0 Å². The molecule has 0 bridgehead atoms. The van der Waals surface area contributed by atoms with E-state index >= 15 is 0 Å². The van der Waals surface area contributed by atoms with Crippen molar-refractivity contribution in [1.29, 1.82) is 0 Å². The molecule has 3 heterocycles. The third-order valence-corrected chi connectivity index (χ3v) is 7.27. The van der Waals surface area contributed by atoms with E-state index in [0.29, 0.717) is 18.9 Å². The number of carbonyl (C=O) groups is 2. The summed E-state index contributed by atoms with van der Waals surface area (Å²) in [6, 6.07) is 0.812. The highest BCUT2D eigenvalue weighted by atomic mass is 16.5. The Labute approximate surface area is 169 Å². The molecule has 0 aromatic heterocycles. The van der Waals surface area contributed by atoms with E-state index in [4.69, 9.17) is 4.74 Å². The second-order valence-electron chi connectivity index (χ2n) is 9.27. The second kappa shape index (κ2) is 9.57. The predicted octanol–water partition coefficient (Wildman–Crippen LogP) is 2.27. The minimum Gasteiger partial charge on any atom is -0.376 e. The van der Waals surface area contributed by atoms with Crippen LogP contribution in [-0.4, -0.2) is 84.5 Å². The first kappa shape index (κ1) is 20.1.